The van der Waals surface area contributed by atoms with Crippen molar-refractivity contribution >= 4 is 11.1 Å². The van der Waals surface area contributed by atoms with Crippen LogP contribution in [-0.4, -0.2) is 4.98 Å². The van der Waals surface area contributed by atoms with Gasteiger partial charge in [0.05, 0.1) is 0 Å². The second kappa shape index (κ2) is 25.5. The summed E-state index contributed by atoms with van der Waals surface area (Å²) < 4.78 is 13.3. The van der Waals surface area contributed by atoms with E-state index in [0.717, 1.165) is 42.7 Å². The summed E-state index contributed by atoms with van der Waals surface area (Å²) in [6.07, 6.45) is 10.5. The summed E-state index contributed by atoms with van der Waals surface area (Å²) in [5, 5.41) is 0. The van der Waals surface area contributed by atoms with Crippen molar-refractivity contribution in [3.05, 3.63) is 112 Å². The molecule has 0 amide bonds. The molecule has 0 N–H and O–H groups in total. The van der Waals surface area contributed by atoms with Gasteiger partial charge in [0.1, 0.15) is 5.82 Å². The van der Waals surface area contributed by atoms with Gasteiger partial charge in [-0.3, -0.25) is 4.98 Å². The fourth-order valence-corrected chi connectivity index (χ4v) is 4.32. The van der Waals surface area contributed by atoms with E-state index < -0.39 is 0 Å². The Morgan fingerprint density at radius 3 is 2.00 bits per heavy atom. The molecular formula is C41H64FN. The molecule has 0 saturated carbocycles. The average molecular weight is 590 g/mol. The molecule has 2 aromatic carbocycles. The molecule has 0 atom stereocenters. The third-order valence-electron chi connectivity index (χ3n) is 6.64. The molecule has 0 unspecified atom stereocenters. The largest absolute Gasteiger partial charge is 0.261 e. The fourth-order valence-electron chi connectivity index (χ4n) is 4.32. The van der Waals surface area contributed by atoms with Crippen LogP contribution < -0.4 is 0 Å². The number of rotatable bonds is 9. The third kappa shape index (κ3) is 17.6. The van der Waals surface area contributed by atoms with Crippen molar-refractivity contribution in [2.75, 3.05) is 0 Å². The lowest BCUT2D eigenvalue weighted by Gasteiger charge is -2.15. The minimum absolute atomic E-state index is 0.156. The molecule has 0 aliphatic rings. The first-order chi connectivity index (χ1) is 20.5. The SMILES string of the molecule is C=C(C)c1cc(C)c(/C(C)=C/C)cc1CCCc1cccc(F)c1.CC.CC.CCC.Cc1cccnc1CCC(C)C. The Balaban J connectivity index is 0. The molecule has 0 radical (unpaired) electrons. The number of pyridine rings is 1. The first-order valence-corrected chi connectivity index (χ1v) is 16.6. The summed E-state index contributed by atoms with van der Waals surface area (Å²) in [4.78, 5) is 4.35. The summed E-state index contributed by atoms with van der Waals surface area (Å²) in [7, 11) is 0. The number of hydrogen-bond acceptors (Lipinski definition) is 1. The van der Waals surface area contributed by atoms with E-state index in [1.165, 1.54) is 58.0 Å². The molecular weight excluding hydrogens is 525 g/mol. The van der Waals surface area contributed by atoms with Crippen molar-refractivity contribution in [2.24, 2.45) is 5.92 Å². The minimum atomic E-state index is -0.156. The van der Waals surface area contributed by atoms with Gasteiger partial charge in [0.15, 0.2) is 0 Å². The van der Waals surface area contributed by atoms with Gasteiger partial charge in [0.25, 0.3) is 0 Å². The first-order valence-electron chi connectivity index (χ1n) is 16.6. The molecule has 0 spiro atoms. The molecule has 0 bridgehead atoms. The van der Waals surface area contributed by atoms with Gasteiger partial charge in [-0.1, -0.05) is 110 Å². The highest BCUT2D eigenvalue weighted by Gasteiger charge is 2.10. The highest BCUT2D eigenvalue weighted by Crippen LogP contribution is 2.28. The Morgan fingerprint density at radius 2 is 1.49 bits per heavy atom. The maximum absolute atomic E-state index is 13.3. The Kier molecular flexibility index (Phi) is 25.0. The molecule has 2 heteroatoms. The number of allylic oxidation sites excluding steroid dienone is 3. The molecule has 1 heterocycles. The van der Waals surface area contributed by atoms with Gasteiger partial charge in [-0.25, -0.2) is 4.39 Å². The fraction of sp³-hybridized carbons (Fsp3) is 0.488. The van der Waals surface area contributed by atoms with Crippen LogP contribution in [0.15, 0.2) is 67.4 Å². The summed E-state index contributed by atoms with van der Waals surface area (Å²) in [5.41, 5.74) is 11.2. The quantitative estimate of drug-likeness (QED) is 0.242. The van der Waals surface area contributed by atoms with Crippen molar-refractivity contribution < 1.29 is 4.39 Å². The second-order valence-corrected chi connectivity index (χ2v) is 11.0. The highest BCUT2D eigenvalue weighted by atomic mass is 19.1. The van der Waals surface area contributed by atoms with Crippen LogP contribution in [0, 0.1) is 25.6 Å². The van der Waals surface area contributed by atoms with E-state index in [9.17, 15) is 4.39 Å². The third-order valence-corrected chi connectivity index (χ3v) is 6.64. The monoisotopic (exact) mass is 590 g/mol. The van der Waals surface area contributed by atoms with Gasteiger partial charge in [-0.15, -0.1) is 0 Å². The van der Waals surface area contributed by atoms with Gasteiger partial charge in [-0.05, 0) is 130 Å². The molecule has 3 aromatic rings. The van der Waals surface area contributed by atoms with E-state index >= 15 is 0 Å². The number of benzene rings is 2. The molecule has 43 heavy (non-hydrogen) atoms. The summed E-state index contributed by atoms with van der Waals surface area (Å²) in [5.74, 6) is 0.614. The van der Waals surface area contributed by atoms with Gasteiger partial charge in [0, 0.05) is 11.9 Å². The topological polar surface area (TPSA) is 12.9 Å². The van der Waals surface area contributed by atoms with Crippen LogP contribution in [0.1, 0.15) is 134 Å². The van der Waals surface area contributed by atoms with E-state index in [4.69, 9.17) is 0 Å². The molecule has 0 aliphatic carbocycles. The smallest absolute Gasteiger partial charge is 0.123 e. The lowest BCUT2D eigenvalue weighted by Crippen LogP contribution is -1.99. The van der Waals surface area contributed by atoms with Gasteiger partial charge >= 0.3 is 0 Å². The number of halogens is 1. The van der Waals surface area contributed by atoms with E-state index in [2.05, 4.69) is 98.2 Å². The van der Waals surface area contributed by atoms with Crippen molar-refractivity contribution in [2.45, 2.75) is 129 Å². The van der Waals surface area contributed by atoms with Crippen LogP contribution in [0.3, 0.4) is 0 Å². The van der Waals surface area contributed by atoms with E-state index in [0.29, 0.717) is 0 Å². The van der Waals surface area contributed by atoms with Crippen molar-refractivity contribution in [1.82, 2.24) is 4.98 Å². The van der Waals surface area contributed by atoms with Crippen LogP contribution in [0.4, 0.5) is 4.39 Å². The van der Waals surface area contributed by atoms with Crippen LogP contribution in [0.25, 0.3) is 11.1 Å². The first kappa shape index (κ1) is 42.1. The molecule has 240 valence electrons. The van der Waals surface area contributed by atoms with Crippen LogP contribution in [0.5, 0.6) is 0 Å². The van der Waals surface area contributed by atoms with Crippen molar-refractivity contribution in [1.29, 1.82) is 0 Å². The molecule has 1 aromatic heterocycles. The lowest BCUT2D eigenvalue weighted by molar-refractivity contribution is 0.580. The molecule has 0 aliphatic heterocycles. The number of hydrogen-bond donors (Lipinski definition) is 0. The Bertz CT molecular complexity index is 1190. The Hall–Kier alpha value is -3.00. The summed E-state index contributed by atoms with van der Waals surface area (Å²) in [6, 6.07) is 15.6. The van der Waals surface area contributed by atoms with Crippen molar-refractivity contribution in [3.8, 4) is 0 Å². The van der Waals surface area contributed by atoms with Crippen LogP contribution >= 0.6 is 0 Å². The Labute approximate surface area is 266 Å². The summed E-state index contributed by atoms with van der Waals surface area (Å²) >= 11 is 0. The van der Waals surface area contributed by atoms with Crippen LogP contribution in [-0.2, 0) is 19.3 Å². The normalized spacial score (nSPS) is 10.2. The number of aryl methyl sites for hydroxylation is 5. The highest BCUT2D eigenvalue weighted by molar-refractivity contribution is 5.73. The molecule has 1 nitrogen and oxygen atoms in total. The zero-order chi connectivity index (χ0) is 33.4. The van der Waals surface area contributed by atoms with Crippen molar-refractivity contribution in [3.63, 3.8) is 0 Å². The molecule has 3 rings (SSSR count). The van der Waals surface area contributed by atoms with E-state index in [1.54, 1.807) is 12.1 Å². The number of nitrogens with zero attached hydrogens (tertiary/aromatic N) is 1. The number of aromatic nitrogens is 1. The maximum Gasteiger partial charge on any atom is 0.123 e. The second-order valence-electron chi connectivity index (χ2n) is 11.0. The van der Waals surface area contributed by atoms with Gasteiger partial charge in [0.2, 0.25) is 0 Å². The Morgan fingerprint density at radius 1 is 0.860 bits per heavy atom. The zero-order valence-electron chi connectivity index (χ0n) is 30.1. The van der Waals surface area contributed by atoms with E-state index in [1.807, 2.05) is 46.0 Å². The van der Waals surface area contributed by atoms with Gasteiger partial charge < -0.3 is 0 Å². The lowest BCUT2D eigenvalue weighted by atomic mass is 9.90. The summed E-state index contributed by atoms with van der Waals surface area (Å²) in [6.45, 7) is 31.5. The predicted molar refractivity (Wildman–Crippen MR) is 194 cm³/mol. The average Bonchev–Trinajstić information content (AvgIpc) is 2.99. The maximum atomic E-state index is 13.3. The zero-order valence-corrected chi connectivity index (χ0v) is 30.1. The van der Waals surface area contributed by atoms with Crippen LogP contribution in [0.2, 0.25) is 0 Å². The minimum Gasteiger partial charge on any atom is -0.261 e. The predicted octanol–water partition coefficient (Wildman–Crippen LogP) is 13.2. The van der Waals surface area contributed by atoms with Gasteiger partial charge in [-0.2, -0.15) is 0 Å². The molecule has 0 fully saturated rings. The standard InChI is InChI=1S/C23H27F.C11H17N.C3H8.2C2H6/c1-6-17(4)23-15-20(22(16(2)3)13-18(23)5)11-7-9-19-10-8-12-21(24)14-19;1-9(2)6-7-11-10(3)5-4-8-12-11;1-3-2;2*1-2/h6,8,10,12-15H,2,7,9,11H2,1,3-5H3;4-5,8-9H,6-7H2,1-3H3;3H2,1-2H3;2*1-2H3/b17-6+;;;;. The molecule has 0 saturated heterocycles. The van der Waals surface area contributed by atoms with E-state index in [-0.39, 0.29) is 5.82 Å².